The fraction of sp³-hybridized carbons (Fsp3) is 0.600. The van der Waals surface area contributed by atoms with Gasteiger partial charge in [-0.1, -0.05) is 13.8 Å². The van der Waals surface area contributed by atoms with Gasteiger partial charge >= 0.3 is 6.18 Å². The highest BCUT2D eigenvalue weighted by molar-refractivity contribution is 5.15. The smallest absolute Gasteiger partial charge is 0.330 e. The average Bonchev–Trinajstić information content (AvgIpc) is 2.17. The Morgan fingerprint density at radius 3 is 2.38 bits per heavy atom. The first-order valence-electron chi connectivity index (χ1n) is 4.95. The van der Waals surface area contributed by atoms with Gasteiger partial charge in [-0.15, -0.1) is 0 Å². The van der Waals surface area contributed by atoms with Crippen molar-refractivity contribution in [2.45, 2.75) is 25.9 Å². The number of nitrogens with two attached hydrogens (primary N) is 1. The van der Waals surface area contributed by atoms with Crippen LogP contribution in [0.25, 0.3) is 0 Å². The summed E-state index contributed by atoms with van der Waals surface area (Å²) in [4.78, 5) is 7.06. The van der Waals surface area contributed by atoms with Gasteiger partial charge in [0.1, 0.15) is 12.0 Å². The van der Waals surface area contributed by atoms with Crippen molar-refractivity contribution in [3.63, 3.8) is 0 Å². The molecule has 1 aromatic rings. The Bertz CT molecular complexity index is 349. The van der Waals surface area contributed by atoms with Crippen LogP contribution in [0.2, 0.25) is 0 Å². The summed E-state index contributed by atoms with van der Waals surface area (Å²) in [5.41, 5.74) is 4.95. The van der Waals surface area contributed by atoms with Crippen molar-refractivity contribution in [3.05, 3.63) is 23.8 Å². The third-order valence-corrected chi connectivity index (χ3v) is 2.42. The summed E-state index contributed by atoms with van der Waals surface area (Å²) in [6, 6.07) is 0.970. The molecule has 0 aliphatic carbocycles. The van der Waals surface area contributed by atoms with Gasteiger partial charge < -0.3 is 5.73 Å². The van der Waals surface area contributed by atoms with E-state index in [2.05, 4.69) is 9.97 Å². The van der Waals surface area contributed by atoms with Crippen LogP contribution in [0.15, 0.2) is 12.4 Å². The van der Waals surface area contributed by atoms with Crippen molar-refractivity contribution >= 4 is 0 Å². The lowest BCUT2D eigenvalue weighted by Gasteiger charge is -2.18. The minimum Gasteiger partial charge on any atom is -0.330 e. The minimum atomic E-state index is -4.44. The summed E-state index contributed by atoms with van der Waals surface area (Å²) in [6.07, 6.45) is -3.50. The number of hydrogen-bond donors (Lipinski definition) is 1. The summed E-state index contributed by atoms with van der Waals surface area (Å²) >= 11 is 0. The summed E-state index contributed by atoms with van der Waals surface area (Å²) < 4.78 is 37.2. The van der Waals surface area contributed by atoms with Crippen molar-refractivity contribution in [3.8, 4) is 0 Å². The molecule has 0 saturated heterocycles. The molecule has 1 atom stereocenters. The number of nitrogens with zero attached hydrogens (tertiary/aromatic N) is 2. The van der Waals surface area contributed by atoms with Gasteiger partial charge in [0, 0.05) is 18.2 Å². The average molecular weight is 233 g/mol. The zero-order valence-electron chi connectivity index (χ0n) is 9.12. The van der Waals surface area contributed by atoms with Crippen molar-refractivity contribution in [2.75, 3.05) is 6.54 Å². The topological polar surface area (TPSA) is 51.8 Å². The predicted molar refractivity (Wildman–Crippen MR) is 53.7 cm³/mol. The third kappa shape index (κ3) is 2.91. The second-order valence-corrected chi connectivity index (χ2v) is 3.91. The molecular formula is C10H14F3N3. The van der Waals surface area contributed by atoms with Gasteiger partial charge in [0.2, 0.25) is 0 Å². The number of aromatic nitrogens is 2. The molecule has 1 aromatic heterocycles. The van der Waals surface area contributed by atoms with E-state index in [0.29, 0.717) is 5.69 Å². The second kappa shape index (κ2) is 4.78. The van der Waals surface area contributed by atoms with E-state index in [9.17, 15) is 13.2 Å². The lowest BCUT2D eigenvalue weighted by molar-refractivity contribution is -0.141. The highest BCUT2D eigenvalue weighted by Gasteiger charge is 2.33. The molecule has 90 valence electrons. The zero-order chi connectivity index (χ0) is 12.3. The van der Waals surface area contributed by atoms with E-state index in [1.807, 2.05) is 13.8 Å². The summed E-state index contributed by atoms with van der Waals surface area (Å²) in [5, 5.41) is 0. The minimum absolute atomic E-state index is 0.140. The number of rotatable bonds is 3. The molecule has 1 unspecified atom stereocenters. The van der Waals surface area contributed by atoms with E-state index in [1.54, 1.807) is 0 Å². The standard InChI is InChI=1S/C10H14F3N3/c1-6(2)7(4-14)8-3-9(10(11,12)13)16-5-15-8/h3,5-7H,4,14H2,1-2H3. The highest BCUT2D eigenvalue weighted by atomic mass is 19.4. The Morgan fingerprint density at radius 1 is 1.31 bits per heavy atom. The normalized spacial score (nSPS) is 14.2. The van der Waals surface area contributed by atoms with Crippen LogP contribution in [-0.4, -0.2) is 16.5 Å². The molecule has 0 radical (unpaired) electrons. The van der Waals surface area contributed by atoms with E-state index >= 15 is 0 Å². The molecule has 0 aliphatic rings. The molecule has 0 fully saturated rings. The first kappa shape index (κ1) is 12.9. The van der Waals surface area contributed by atoms with Crippen LogP contribution < -0.4 is 5.73 Å². The monoisotopic (exact) mass is 233 g/mol. The molecule has 3 nitrogen and oxygen atoms in total. The van der Waals surface area contributed by atoms with Crippen molar-refractivity contribution in [2.24, 2.45) is 11.7 Å². The Kier molecular flexibility index (Phi) is 3.85. The first-order chi connectivity index (χ1) is 7.36. The number of hydrogen-bond acceptors (Lipinski definition) is 3. The number of alkyl halides is 3. The van der Waals surface area contributed by atoms with Crippen molar-refractivity contribution in [1.29, 1.82) is 0 Å². The van der Waals surface area contributed by atoms with E-state index in [1.165, 1.54) is 0 Å². The van der Waals surface area contributed by atoms with E-state index in [-0.39, 0.29) is 18.4 Å². The molecule has 1 rings (SSSR count). The molecule has 16 heavy (non-hydrogen) atoms. The fourth-order valence-corrected chi connectivity index (χ4v) is 1.46. The Labute approximate surface area is 91.9 Å². The Morgan fingerprint density at radius 2 is 1.94 bits per heavy atom. The van der Waals surface area contributed by atoms with Crippen LogP contribution in [0.1, 0.15) is 31.2 Å². The first-order valence-corrected chi connectivity index (χ1v) is 4.95. The van der Waals surface area contributed by atoms with Crippen LogP contribution in [0, 0.1) is 5.92 Å². The van der Waals surface area contributed by atoms with E-state index in [4.69, 9.17) is 5.73 Å². The van der Waals surface area contributed by atoms with Crippen LogP contribution in [0.3, 0.4) is 0 Å². The van der Waals surface area contributed by atoms with Gasteiger partial charge in [0.25, 0.3) is 0 Å². The van der Waals surface area contributed by atoms with Crippen LogP contribution in [0.4, 0.5) is 13.2 Å². The fourth-order valence-electron chi connectivity index (χ4n) is 1.46. The molecule has 1 heterocycles. The molecule has 0 amide bonds. The molecule has 0 aliphatic heterocycles. The van der Waals surface area contributed by atoms with Gasteiger partial charge in [-0.3, -0.25) is 0 Å². The van der Waals surface area contributed by atoms with Crippen molar-refractivity contribution < 1.29 is 13.2 Å². The Balaban J connectivity index is 3.07. The van der Waals surface area contributed by atoms with Crippen molar-refractivity contribution in [1.82, 2.24) is 9.97 Å². The molecule has 0 spiro atoms. The molecule has 0 bridgehead atoms. The molecule has 0 saturated carbocycles. The number of halogens is 3. The maximum absolute atomic E-state index is 12.4. The predicted octanol–water partition coefficient (Wildman–Crippen LogP) is 2.19. The van der Waals surface area contributed by atoms with Gasteiger partial charge in [-0.25, -0.2) is 9.97 Å². The van der Waals surface area contributed by atoms with E-state index in [0.717, 1.165) is 12.4 Å². The largest absolute Gasteiger partial charge is 0.433 e. The molecule has 6 heteroatoms. The van der Waals surface area contributed by atoms with Gasteiger partial charge in [0.05, 0.1) is 0 Å². The second-order valence-electron chi connectivity index (χ2n) is 3.91. The maximum Gasteiger partial charge on any atom is 0.433 e. The zero-order valence-corrected chi connectivity index (χ0v) is 9.12. The van der Waals surface area contributed by atoms with Crippen LogP contribution in [0.5, 0.6) is 0 Å². The maximum atomic E-state index is 12.4. The third-order valence-electron chi connectivity index (χ3n) is 2.42. The van der Waals surface area contributed by atoms with E-state index < -0.39 is 11.9 Å². The molecular weight excluding hydrogens is 219 g/mol. The summed E-state index contributed by atoms with van der Waals surface area (Å²) in [6.45, 7) is 4.06. The quantitative estimate of drug-likeness (QED) is 0.870. The lowest BCUT2D eigenvalue weighted by Crippen LogP contribution is -2.20. The summed E-state index contributed by atoms with van der Waals surface area (Å²) in [7, 11) is 0. The van der Waals surface area contributed by atoms with Gasteiger partial charge in [0.15, 0.2) is 0 Å². The molecule has 2 N–H and O–H groups in total. The highest BCUT2D eigenvalue weighted by Crippen LogP contribution is 2.29. The molecule has 0 aromatic carbocycles. The lowest BCUT2D eigenvalue weighted by atomic mass is 9.92. The van der Waals surface area contributed by atoms with Gasteiger partial charge in [-0.2, -0.15) is 13.2 Å². The Hall–Kier alpha value is -1.17. The van der Waals surface area contributed by atoms with Crippen LogP contribution in [-0.2, 0) is 6.18 Å². The summed E-state index contributed by atoms with van der Waals surface area (Å²) in [5.74, 6) is -0.0370. The SMILES string of the molecule is CC(C)C(CN)c1cc(C(F)(F)F)ncn1. The van der Waals surface area contributed by atoms with Gasteiger partial charge in [-0.05, 0) is 12.0 Å². The van der Waals surface area contributed by atoms with Crippen LogP contribution >= 0.6 is 0 Å².